The smallest absolute Gasteiger partial charge is 0.240 e. The Kier molecular flexibility index (Phi) is 7.02. The molecule has 0 saturated carbocycles. The highest BCUT2D eigenvalue weighted by Crippen LogP contribution is 2.24. The van der Waals surface area contributed by atoms with Gasteiger partial charge >= 0.3 is 0 Å². The van der Waals surface area contributed by atoms with Crippen LogP contribution in [0.3, 0.4) is 0 Å². The van der Waals surface area contributed by atoms with E-state index in [1.54, 1.807) is 18.2 Å². The number of nitrogens with one attached hydrogen (secondary N) is 1. The lowest BCUT2D eigenvalue weighted by atomic mass is 9.92. The van der Waals surface area contributed by atoms with E-state index in [1.165, 1.54) is 12.0 Å². The molecule has 0 unspecified atom stereocenters. The summed E-state index contributed by atoms with van der Waals surface area (Å²) in [4.78, 5) is 0.303. The summed E-state index contributed by atoms with van der Waals surface area (Å²) in [5, 5.41) is 8.26. The molecule has 8 heteroatoms. The summed E-state index contributed by atoms with van der Waals surface area (Å²) in [7, 11) is -3.58. The number of rotatable bonds is 9. The molecule has 2 aromatic carbocycles. The van der Waals surface area contributed by atoms with Crippen LogP contribution in [0.2, 0.25) is 0 Å². The SMILES string of the molecule is CCOc1ccc(-c2ccc(OCCNS(=O)(=O)c3ccc4c(c3)CCCC4)nn2)cc1. The van der Waals surface area contributed by atoms with E-state index < -0.39 is 10.0 Å². The summed E-state index contributed by atoms with van der Waals surface area (Å²) in [6, 6.07) is 16.6. The molecule has 0 spiro atoms. The molecule has 1 aromatic heterocycles. The molecule has 168 valence electrons. The van der Waals surface area contributed by atoms with Crippen LogP contribution in [0.5, 0.6) is 11.6 Å². The molecular formula is C24H27N3O4S. The van der Waals surface area contributed by atoms with E-state index in [1.807, 2.05) is 43.3 Å². The van der Waals surface area contributed by atoms with Gasteiger partial charge in [0.05, 0.1) is 17.2 Å². The van der Waals surface area contributed by atoms with E-state index in [-0.39, 0.29) is 13.2 Å². The predicted octanol–water partition coefficient (Wildman–Crippen LogP) is 3.78. The Balaban J connectivity index is 1.29. The Morgan fingerprint density at radius 1 is 0.906 bits per heavy atom. The number of nitrogens with zero attached hydrogens (tertiary/aromatic N) is 2. The van der Waals surface area contributed by atoms with Crippen molar-refractivity contribution in [3.8, 4) is 22.9 Å². The molecule has 3 aromatic rings. The Bertz CT molecular complexity index is 1150. The van der Waals surface area contributed by atoms with Crippen LogP contribution < -0.4 is 14.2 Å². The lowest BCUT2D eigenvalue weighted by molar-refractivity contribution is 0.307. The second kappa shape index (κ2) is 10.1. The number of sulfonamides is 1. The van der Waals surface area contributed by atoms with E-state index in [9.17, 15) is 8.42 Å². The van der Waals surface area contributed by atoms with Crippen LogP contribution in [0.4, 0.5) is 0 Å². The first-order chi connectivity index (χ1) is 15.5. The fourth-order valence-corrected chi connectivity index (χ4v) is 4.79. The second-order valence-corrected chi connectivity index (χ2v) is 9.37. The van der Waals surface area contributed by atoms with Gasteiger partial charge in [-0.25, -0.2) is 13.1 Å². The maximum Gasteiger partial charge on any atom is 0.240 e. The minimum absolute atomic E-state index is 0.141. The summed E-state index contributed by atoms with van der Waals surface area (Å²) in [5.74, 6) is 1.15. The Labute approximate surface area is 188 Å². The first-order valence-electron chi connectivity index (χ1n) is 10.9. The zero-order valence-electron chi connectivity index (χ0n) is 18.1. The highest BCUT2D eigenvalue weighted by molar-refractivity contribution is 7.89. The molecule has 1 aliphatic rings. The van der Waals surface area contributed by atoms with Gasteiger partial charge in [-0.15, -0.1) is 10.2 Å². The standard InChI is InChI=1S/C24H27N3O4S/c1-2-30-21-10-7-19(8-11-21)23-13-14-24(27-26-23)31-16-15-25-32(28,29)22-12-9-18-5-3-4-6-20(18)17-22/h7-14,17,25H,2-6,15-16H2,1H3. The summed E-state index contributed by atoms with van der Waals surface area (Å²) >= 11 is 0. The van der Waals surface area contributed by atoms with Gasteiger partial charge < -0.3 is 9.47 Å². The predicted molar refractivity (Wildman–Crippen MR) is 122 cm³/mol. The summed E-state index contributed by atoms with van der Waals surface area (Å²) < 4.78 is 38.8. The fraction of sp³-hybridized carbons (Fsp3) is 0.333. The molecule has 0 atom stereocenters. The van der Waals surface area contributed by atoms with E-state index in [4.69, 9.17) is 9.47 Å². The summed E-state index contributed by atoms with van der Waals surface area (Å²) in [6.07, 6.45) is 4.23. The first-order valence-corrected chi connectivity index (χ1v) is 12.3. The van der Waals surface area contributed by atoms with E-state index in [0.29, 0.717) is 23.1 Å². The van der Waals surface area contributed by atoms with E-state index in [2.05, 4.69) is 14.9 Å². The van der Waals surface area contributed by atoms with Gasteiger partial charge in [0.2, 0.25) is 15.9 Å². The molecule has 0 saturated heterocycles. The Hall–Kier alpha value is -2.97. The molecular weight excluding hydrogens is 426 g/mol. The number of benzene rings is 2. The lowest BCUT2D eigenvalue weighted by Gasteiger charge is -2.16. The van der Waals surface area contributed by atoms with Crippen LogP contribution in [0.1, 0.15) is 30.9 Å². The van der Waals surface area contributed by atoms with Crippen LogP contribution in [0.15, 0.2) is 59.5 Å². The quantitative estimate of drug-likeness (QED) is 0.496. The number of hydrogen-bond donors (Lipinski definition) is 1. The number of ether oxygens (including phenoxy) is 2. The highest BCUT2D eigenvalue weighted by Gasteiger charge is 2.17. The van der Waals surface area contributed by atoms with Crippen molar-refractivity contribution >= 4 is 10.0 Å². The fourth-order valence-electron chi connectivity index (χ4n) is 3.73. The normalized spacial score (nSPS) is 13.4. The number of aromatic nitrogens is 2. The Morgan fingerprint density at radius 3 is 2.41 bits per heavy atom. The average molecular weight is 454 g/mol. The average Bonchev–Trinajstić information content (AvgIpc) is 2.83. The number of fused-ring (bicyclic) bond motifs is 1. The van der Waals surface area contributed by atoms with Crippen LogP contribution in [0.25, 0.3) is 11.3 Å². The molecule has 4 rings (SSSR count). The van der Waals surface area contributed by atoms with Gasteiger partial charge in [0, 0.05) is 18.2 Å². The molecule has 0 bridgehead atoms. The van der Waals surface area contributed by atoms with Crippen LogP contribution in [0, 0.1) is 0 Å². The number of aryl methyl sites for hydroxylation is 2. The van der Waals surface area contributed by atoms with Crippen molar-refractivity contribution in [1.29, 1.82) is 0 Å². The van der Waals surface area contributed by atoms with Gasteiger partial charge in [-0.3, -0.25) is 0 Å². The van der Waals surface area contributed by atoms with Crippen molar-refractivity contribution in [3.05, 3.63) is 65.7 Å². The molecule has 1 heterocycles. The van der Waals surface area contributed by atoms with Crippen LogP contribution >= 0.6 is 0 Å². The molecule has 0 radical (unpaired) electrons. The minimum Gasteiger partial charge on any atom is -0.494 e. The third kappa shape index (κ3) is 5.44. The number of hydrogen-bond acceptors (Lipinski definition) is 6. The first kappa shape index (κ1) is 22.2. The van der Waals surface area contributed by atoms with E-state index >= 15 is 0 Å². The van der Waals surface area contributed by atoms with Gasteiger partial charge in [-0.05, 0) is 86.2 Å². The van der Waals surface area contributed by atoms with Crippen molar-refractivity contribution < 1.29 is 17.9 Å². The molecule has 0 aliphatic heterocycles. The maximum atomic E-state index is 12.6. The second-order valence-electron chi connectivity index (χ2n) is 7.60. The van der Waals surface area contributed by atoms with Gasteiger partial charge in [0.1, 0.15) is 12.4 Å². The molecule has 0 amide bonds. The van der Waals surface area contributed by atoms with Gasteiger partial charge in [-0.1, -0.05) is 6.07 Å². The monoisotopic (exact) mass is 453 g/mol. The largest absolute Gasteiger partial charge is 0.494 e. The van der Waals surface area contributed by atoms with Crippen molar-refractivity contribution in [2.45, 2.75) is 37.5 Å². The third-order valence-corrected chi connectivity index (χ3v) is 6.83. The zero-order chi connectivity index (χ0) is 22.4. The van der Waals surface area contributed by atoms with Gasteiger partial charge in [-0.2, -0.15) is 0 Å². The zero-order valence-corrected chi connectivity index (χ0v) is 18.9. The lowest BCUT2D eigenvalue weighted by Crippen LogP contribution is -2.28. The molecule has 32 heavy (non-hydrogen) atoms. The summed E-state index contributed by atoms with van der Waals surface area (Å²) in [6.45, 7) is 2.86. The molecule has 7 nitrogen and oxygen atoms in total. The van der Waals surface area contributed by atoms with Crippen LogP contribution in [-0.2, 0) is 22.9 Å². The topological polar surface area (TPSA) is 90.4 Å². The van der Waals surface area contributed by atoms with Crippen molar-refractivity contribution in [2.75, 3.05) is 19.8 Å². The highest BCUT2D eigenvalue weighted by atomic mass is 32.2. The van der Waals surface area contributed by atoms with Crippen molar-refractivity contribution in [3.63, 3.8) is 0 Å². The minimum atomic E-state index is -3.58. The van der Waals surface area contributed by atoms with Gasteiger partial charge in [0.15, 0.2) is 0 Å². The molecule has 0 fully saturated rings. The summed E-state index contributed by atoms with van der Waals surface area (Å²) in [5.41, 5.74) is 4.03. The van der Waals surface area contributed by atoms with Crippen molar-refractivity contribution in [2.24, 2.45) is 0 Å². The Morgan fingerprint density at radius 2 is 1.69 bits per heavy atom. The van der Waals surface area contributed by atoms with Gasteiger partial charge in [0.25, 0.3) is 0 Å². The third-order valence-electron chi connectivity index (χ3n) is 5.38. The molecule has 1 N–H and O–H groups in total. The van der Waals surface area contributed by atoms with Crippen molar-refractivity contribution in [1.82, 2.24) is 14.9 Å². The maximum absolute atomic E-state index is 12.6. The molecule has 1 aliphatic carbocycles. The van der Waals surface area contributed by atoms with E-state index in [0.717, 1.165) is 36.1 Å². The van der Waals surface area contributed by atoms with Crippen LogP contribution in [-0.4, -0.2) is 38.4 Å².